The van der Waals surface area contributed by atoms with Gasteiger partial charge in [0.2, 0.25) is 0 Å². The second-order valence-corrected chi connectivity index (χ2v) is 11.0. The molecule has 1 aliphatic carbocycles. The van der Waals surface area contributed by atoms with E-state index in [1.54, 1.807) is 13.8 Å². The van der Waals surface area contributed by atoms with E-state index in [0.717, 1.165) is 0 Å². The van der Waals surface area contributed by atoms with Crippen LogP contribution in [0.25, 0.3) is 11.1 Å². The third-order valence-corrected chi connectivity index (χ3v) is 7.86. The highest BCUT2D eigenvalue weighted by atomic mass is 32.2. The molecule has 3 heterocycles. The van der Waals surface area contributed by atoms with Gasteiger partial charge in [0.1, 0.15) is 12.2 Å². The quantitative estimate of drug-likeness (QED) is 0.659. The monoisotopic (exact) mass is 468 g/mol. The fraction of sp³-hybridized carbons (Fsp3) is 0.500. The largest absolute Gasteiger partial charge is 0.348 e. The topological polar surface area (TPSA) is 63.2 Å². The maximum absolute atomic E-state index is 13.8. The van der Waals surface area contributed by atoms with Crippen LogP contribution in [-0.4, -0.2) is 53.1 Å². The average molecular weight is 469 g/mol. The molecule has 174 valence electrons. The van der Waals surface area contributed by atoms with E-state index in [9.17, 15) is 4.79 Å². The van der Waals surface area contributed by atoms with E-state index in [0.29, 0.717) is 12.4 Å². The van der Waals surface area contributed by atoms with Gasteiger partial charge in [-0.3, -0.25) is 4.79 Å². The minimum absolute atomic E-state index is 0.124. The van der Waals surface area contributed by atoms with E-state index in [1.165, 1.54) is 34.0 Å². The molecule has 2 aromatic rings. The standard InChI is InChI=1S/C26H28O6S/c1-24(2)28-13-20-21(30-24)22-26(29-20,32-25(3,4)31-22)23(27)33-14-19-17-11-7-5-9-15(17)16-10-6-8-12-18(16)19/h5-12,19-22H,13-14H2,1-4H3/t20-,21+,22-,26+/m0/s1. The van der Waals surface area contributed by atoms with Crippen LogP contribution in [0.15, 0.2) is 48.5 Å². The molecule has 0 aromatic heterocycles. The molecule has 0 unspecified atom stereocenters. The molecule has 0 spiro atoms. The lowest BCUT2D eigenvalue weighted by Gasteiger charge is -2.38. The van der Waals surface area contributed by atoms with Gasteiger partial charge in [0, 0.05) is 11.7 Å². The van der Waals surface area contributed by atoms with Gasteiger partial charge >= 0.3 is 0 Å². The summed E-state index contributed by atoms with van der Waals surface area (Å²) < 4.78 is 30.5. The van der Waals surface area contributed by atoms with Crippen molar-refractivity contribution < 1.29 is 28.5 Å². The smallest absolute Gasteiger partial charge is 0.272 e. The summed E-state index contributed by atoms with van der Waals surface area (Å²) in [5.74, 6) is -2.52. The third-order valence-electron chi connectivity index (χ3n) is 6.82. The van der Waals surface area contributed by atoms with E-state index < -0.39 is 35.7 Å². The van der Waals surface area contributed by atoms with Crippen LogP contribution in [0.5, 0.6) is 0 Å². The Bertz CT molecular complexity index is 1070. The zero-order chi connectivity index (χ0) is 23.0. The first-order chi connectivity index (χ1) is 15.7. The lowest BCUT2D eigenvalue weighted by Crippen LogP contribution is -2.51. The number of hydrogen-bond donors (Lipinski definition) is 0. The fourth-order valence-corrected chi connectivity index (χ4v) is 6.59. The molecule has 6 nitrogen and oxygen atoms in total. The summed E-state index contributed by atoms with van der Waals surface area (Å²) in [4.78, 5) is 13.8. The maximum Gasteiger partial charge on any atom is 0.272 e. The molecule has 0 bridgehead atoms. The lowest BCUT2D eigenvalue weighted by atomic mass is 9.99. The predicted molar refractivity (Wildman–Crippen MR) is 124 cm³/mol. The highest BCUT2D eigenvalue weighted by Crippen LogP contribution is 2.52. The molecular weight excluding hydrogens is 440 g/mol. The molecule has 33 heavy (non-hydrogen) atoms. The van der Waals surface area contributed by atoms with Crippen LogP contribution in [0.1, 0.15) is 44.7 Å². The van der Waals surface area contributed by atoms with E-state index in [2.05, 4.69) is 48.5 Å². The van der Waals surface area contributed by atoms with Crippen LogP contribution in [0.4, 0.5) is 0 Å². The highest BCUT2D eigenvalue weighted by Gasteiger charge is 2.70. The first-order valence-corrected chi connectivity index (χ1v) is 12.4. The van der Waals surface area contributed by atoms with Gasteiger partial charge in [-0.25, -0.2) is 0 Å². The fourth-order valence-electron chi connectivity index (χ4n) is 5.51. The Labute approximate surface area is 197 Å². The molecule has 0 N–H and O–H groups in total. The zero-order valence-corrected chi connectivity index (χ0v) is 20.0. The summed E-state index contributed by atoms with van der Waals surface area (Å²) in [5, 5.41) is -0.184. The van der Waals surface area contributed by atoms with Crippen LogP contribution < -0.4 is 0 Å². The molecule has 0 saturated carbocycles. The molecule has 6 rings (SSSR count). The maximum atomic E-state index is 13.8. The van der Waals surface area contributed by atoms with Gasteiger partial charge in [0.15, 0.2) is 17.7 Å². The molecule has 7 heteroatoms. The number of hydrogen-bond acceptors (Lipinski definition) is 7. The predicted octanol–water partition coefficient (Wildman–Crippen LogP) is 4.46. The molecule has 0 amide bonds. The summed E-state index contributed by atoms with van der Waals surface area (Å²) in [6.45, 7) is 7.64. The molecule has 3 saturated heterocycles. The van der Waals surface area contributed by atoms with Crippen molar-refractivity contribution in [1.82, 2.24) is 0 Å². The Hall–Kier alpha value is -1.74. The Balaban J connectivity index is 1.27. The van der Waals surface area contributed by atoms with E-state index in [1.807, 2.05) is 13.8 Å². The first-order valence-electron chi connectivity index (χ1n) is 11.4. The van der Waals surface area contributed by atoms with Gasteiger partial charge in [-0.05, 0) is 49.9 Å². The Morgan fingerprint density at radius 2 is 1.55 bits per heavy atom. The molecule has 3 aliphatic heterocycles. The third kappa shape index (κ3) is 3.40. The van der Waals surface area contributed by atoms with E-state index in [4.69, 9.17) is 23.7 Å². The molecule has 3 fully saturated rings. The Kier molecular flexibility index (Phi) is 4.87. The van der Waals surface area contributed by atoms with Gasteiger partial charge in [-0.15, -0.1) is 0 Å². The Morgan fingerprint density at radius 1 is 0.909 bits per heavy atom. The molecule has 2 aromatic carbocycles. The summed E-state index contributed by atoms with van der Waals surface area (Å²) in [7, 11) is 0. The van der Waals surface area contributed by atoms with Crippen LogP contribution in [0, 0.1) is 0 Å². The molecule has 0 radical (unpaired) electrons. The van der Waals surface area contributed by atoms with E-state index in [-0.39, 0.29) is 11.0 Å². The summed E-state index contributed by atoms with van der Waals surface area (Å²) in [5.41, 5.74) is 4.97. The normalized spacial score (nSPS) is 33.3. The molecule has 4 atom stereocenters. The van der Waals surface area contributed by atoms with Crippen LogP contribution in [-0.2, 0) is 28.5 Å². The van der Waals surface area contributed by atoms with Crippen LogP contribution in [0.2, 0.25) is 0 Å². The number of fused-ring (bicyclic) bond motifs is 6. The average Bonchev–Trinajstić information content (AvgIpc) is 3.35. The summed E-state index contributed by atoms with van der Waals surface area (Å²) in [6, 6.07) is 16.8. The molecular formula is C26H28O6S. The van der Waals surface area contributed by atoms with Crippen molar-refractivity contribution in [3.63, 3.8) is 0 Å². The van der Waals surface area contributed by atoms with Crippen molar-refractivity contribution in [3.05, 3.63) is 59.7 Å². The van der Waals surface area contributed by atoms with Gasteiger partial charge in [-0.2, -0.15) is 0 Å². The van der Waals surface area contributed by atoms with Gasteiger partial charge in [-0.1, -0.05) is 60.3 Å². The van der Waals surface area contributed by atoms with Crippen molar-refractivity contribution in [2.45, 2.75) is 69.3 Å². The number of ether oxygens (including phenoxy) is 5. The van der Waals surface area contributed by atoms with Crippen LogP contribution in [0.3, 0.4) is 0 Å². The number of thioether (sulfide) groups is 1. The minimum atomic E-state index is -1.51. The Morgan fingerprint density at radius 3 is 2.21 bits per heavy atom. The van der Waals surface area contributed by atoms with Crippen molar-refractivity contribution in [2.75, 3.05) is 12.4 Å². The highest BCUT2D eigenvalue weighted by molar-refractivity contribution is 8.13. The SMILES string of the molecule is CC1(C)OC[C@@H]2O[C@@]3(C(=O)SCC4c5ccccc5-c5ccccc54)OC(C)(C)O[C@H]3[C@@H]2O1. The van der Waals surface area contributed by atoms with E-state index >= 15 is 0 Å². The van der Waals surface area contributed by atoms with Crippen molar-refractivity contribution in [2.24, 2.45) is 0 Å². The number of benzene rings is 2. The van der Waals surface area contributed by atoms with Crippen LogP contribution >= 0.6 is 11.8 Å². The van der Waals surface area contributed by atoms with Gasteiger partial charge in [0.25, 0.3) is 10.9 Å². The van der Waals surface area contributed by atoms with Crippen molar-refractivity contribution >= 4 is 16.9 Å². The molecule has 4 aliphatic rings. The summed E-state index contributed by atoms with van der Waals surface area (Å²) >= 11 is 1.25. The second-order valence-electron chi connectivity index (χ2n) is 9.98. The number of carbonyl (C=O) groups excluding carboxylic acids is 1. The zero-order valence-electron chi connectivity index (χ0n) is 19.2. The van der Waals surface area contributed by atoms with Crippen molar-refractivity contribution in [3.8, 4) is 11.1 Å². The minimum Gasteiger partial charge on any atom is -0.348 e. The van der Waals surface area contributed by atoms with Gasteiger partial charge < -0.3 is 23.7 Å². The lowest BCUT2D eigenvalue weighted by molar-refractivity contribution is -0.323. The first kappa shape index (κ1) is 21.8. The number of rotatable bonds is 3. The van der Waals surface area contributed by atoms with Gasteiger partial charge in [0.05, 0.1) is 6.61 Å². The summed E-state index contributed by atoms with van der Waals surface area (Å²) in [6.07, 6.45) is -1.51. The number of carbonyl (C=O) groups is 1. The second kappa shape index (κ2) is 7.38. The van der Waals surface area contributed by atoms with Crippen molar-refractivity contribution in [1.29, 1.82) is 0 Å².